The second-order valence-electron chi connectivity index (χ2n) is 6.09. The molecule has 1 aliphatic rings. The molecule has 0 spiro atoms. The van der Waals surface area contributed by atoms with Gasteiger partial charge in [0.25, 0.3) is 0 Å². The summed E-state index contributed by atoms with van der Waals surface area (Å²) in [4.78, 5) is 28.7. The molecule has 1 fully saturated rings. The van der Waals surface area contributed by atoms with E-state index in [1.165, 1.54) is 17.3 Å². The first-order valence-corrected chi connectivity index (χ1v) is 9.41. The molecule has 26 heavy (non-hydrogen) atoms. The first kappa shape index (κ1) is 18.2. The van der Waals surface area contributed by atoms with Crippen LogP contribution in [-0.4, -0.2) is 28.8 Å². The highest BCUT2D eigenvalue weighted by molar-refractivity contribution is 8.15. The fourth-order valence-electron chi connectivity index (χ4n) is 2.63. The minimum Gasteiger partial charge on any atom is -0.326 e. The number of hydrogen-bond acceptors (Lipinski definition) is 4. The number of amides is 2. The monoisotopic (exact) mass is 367 g/mol. The van der Waals surface area contributed by atoms with Gasteiger partial charge in [0, 0.05) is 18.7 Å². The third kappa shape index (κ3) is 4.95. The number of thioether (sulfide) groups is 1. The summed E-state index contributed by atoms with van der Waals surface area (Å²) in [5, 5.41) is 5.79. The van der Waals surface area contributed by atoms with E-state index in [4.69, 9.17) is 0 Å². The van der Waals surface area contributed by atoms with Crippen LogP contribution < -0.4 is 10.6 Å². The molecule has 5 nitrogen and oxygen atoms in total. The van der Waals surface area contributed by atoms with E-state index in [0.717, 1.165) is 17.7 Å². The lowest BCUT2D eigenvalue weighted by Gasteiger charge is -2.09. The smallest absolute Gasteiger partial charge is 0.240 e. The van der Waals surface area contributed by atoms with Gasteiger partial charge in [0.05, 0.1) is 0 Å². The van der Waals surface area contributed by atoms with Crippen molar-refractivity contribution in [3.05, 3.63) is 65.7 Å². The average Bonchev–Trinajstić information content (AvgIpc) is 2.97. The standard InChI is InChI=1S/C20H21N3O2S/c1-14-7-5-6-10-16(14)22-18(24)13-17-19(25)23-20(26-17)21-12-11-15-8-3-2-4-9-15/h2-10,17H,11-13H2,1H3,(H,22,24)(H,21,23,25). The van der Waals surface area contributed by atoms with Gasteiger partial charge in [0.15, 0.2) is 5.17 Å². The molecule has 6 heteroatoms. The van der Waals surface area contributed by atoms with Gasteiger partial charge >= 0.3 is 0 Å². The van der Waals surface area contributed by atoms with E-state index in [-0.39, 0.29) is 18.2 Å². The molecule has 1 heterocycles. The largest absolute Gasteiger partial charge is 0.326 e. The zero-order chi connectivity index (χ0) is 18.4. The highest BCUT2D eigenvalue weighted by Crippen LogP contribution is 2.23. The summed E-state index contributed by atoms with van der Waals surface area (Å²) in [5.41, 5.74) is 2.98. The van der Waals surface area contributed by atoms with E-state index < -0.39 is 5.25 Å². The predicted molar refractivity (Wildman–Crippen MR) is 106 cm³/mol. The number of carbonyl (C=O) groups is 2. The summed E-state index contributed by atoms with van der Waals surface area (Å²) in [6, 6.07) is 17.7. The van der Waals surface area contributed by atoms with Gasteiger partial charge in [-0.2, -0.15) is 0 Å². The fourth-order valence-corrected chi connectivity index (χ4v) is 3.62. The van der Waals surface area contributed by atoms with Crippen LogP contribution in [0.25, 0.3) is 0 Å². The molecule has 1 saturated heterocycles. The predicted octanol–water partition coefficient (Wildman–Crippen LogP) is 3.15. The number of amidine groups is 1. The van der Waals surface area contributed by atoms with Crippen LogP contribution in [0.5, 0.6) is 0 Å². The van der Waals surface area contributed by atoms with Crippen molar-refractivity contribution in [2.75, 3.05) is 11.9 Å². The lowest BCUT2D eigenvalue weighted by molar-refractivity contribution is -0.122. The highest BCUT2D eigenvalue weighted by atomic mass is 32.2. The molecule has 0 aromatic heterocycles. The molecule has 2 amide bonds. The van der Waals surface area contributed by atoms with Crippen LogP contribution in [0.1, 0.15) is 17.5 Å². The third-order valence-electron chi connectivity index (χ3n) is 4.07. The van der Waals surface area contributed by atoms with Gasteiger partial charge in [-0.25, -0.2) is 0 Å². The number of rotatable bonds is 6. The van der Waals surface area contributed by atoms with Crippen LogP contribution >= 0.6 is 11.8 Å². The van der Waals surface area contributed by atoms with Gasteiger partial charge in [0.1, 0.15) is 5.25 Å². The minimum atomic E-state index is -0.436. The Balaban J connectivity index is 1.50. The van der Waals surface area contributed by atoms with Gasteiger partial charge < -0.3 is 10.6 Å². The number of carbonyl (C=O) groups excluding carboxylic acids is 2. The Hall–Kier alpha value is -2.60. The summed E-state index contributed by atoms with van der Waals surface area (Å²) in [6.07, 6.45) is 0.946. The van der Waals surface area contributed by atoms with Crippen LogP contribution in [-0.2, 0) is 16.0 Å². The molecule has 0 radical (unpaired) electrons. The Labute approximate surface area is 157 Å². The van der Waals surface area contributed by atoms with Crippen molar-refractivity contribution in [1.29, 1.82) is 0 Å². The van der Waals surface area contributed by atoms with Gasteiger partial charge in [-0.1, -0.05) is 60.3 Å². The molecule has 2 aromatic rings. The summed E-state index contributed by atoms with van der Waals surface area (Å²) in [6.45, 7) is 2.54. The minimum absolute atomic E-state index is 0.128. The average molecular weight is 367 g/mol. The molecule has 1 aliphatic heterocycles. The summed E-state index contributed by atoms with van der Waals surface area (Å²) in [7, 11) is 0. The summed E-state index contributed by atoms with van der Waals surface area (Å²) < 4.78 is 0. The van der Waals surface area contributed by atoms with Gasteiger partial charge in [-0.05, 0) is 30.5 Å². The lowest BCUT2D eigenvalue weighted by Crippen LogP contribution is -2.28. The third-order valence-corrected chi connectivity index (χ3v) is 5.18. The van der Waals surface area contributed by atoms with Gasteiger partial charge in [-0.3, -0.25) is 14.6 Å². The van der Waals surface area contributed by atoms with E-state index >= 15 is 0 Å². The van der Waals surface area contributed by atoms with E-state index in [2.05, 4.69) is 27.8 Å². The zero-order valence-electron chi connectivity index (χ0n) is 14.6. The van der Waals surface area contributed by atoms with E-state index in [9.17, 15) is 9.59 Å². The number of hydrogen-bond donors (Lipinski definition) is 2. The van der Waals surface area contributed by atoms with Crippen LogP contribution in [0.4, 0.5) is 5.69 Å². The van der Waals surface area contributed by atoms with Crippen molar-refractivity contribution in [3.8, 4) is 0 Å². The zero-order valence-corrected chi connectivity index (χ0v) is 15.4. The molecule has 3 rings (SSSR count). The first-order valence-electron chi connectivity index (χ1n) is 8.53. The molecule has 0 bridgehead atoms. The fraction of sp³-hybridized carbons (Fsp3) is 0.250. The Kier molecular flexibility index (Phi) is 6.07. The summed E-state index contributed by atoms with van der Waals surface area (Å²) in [5.74, 6) is -0.328. The lowest BCUT2D eigenvalue weighted by atomic mass is 10.2. The maximum atomic E-state index is 12.2. The molecular formula is C20H21N3O2S. The summed E-state index contributed by atoms with van der Waals surface area (Å²) >= 11 is 1.33. The molecule has 1 atom stereocenters. The number of nitrogens with zero attached hydrogens (tertiary/aromatic N) is 1. The van der Waals surface area contributed by atoms with Crippen LogP contribution in [0, 0.1) is 6.92 Å². The molecule has 0 aliphatic carbocycles. The molecular weight excluding hydrogens is 346 g/mol. The number of nitrogens with one attached hydrogen (secondary N) is 2. The van der Waals surface area contributed by atoms with Crippen molar-refractivity contribution < 1.29 is 9.59 Å². The Morgan fingerprint density at radius 3 is 2.65 bits per heavy atom. The van der Waals surface area contributed by atoms with Gasteiger partial charge in [-0.15, -0.1) is 0 Å². The number of aryl methyl sites for hydroxylation is 1. The van der Waals surface area contributed by atoms with Crippen molar-refractivity contribution in [2.24, 2.45) is 4.99 Å². The topological polar surface area (TPSA) is 70.6 Å². The highest BCUT2D eigenvalue weighted by Gasteiger charge is 2.31. The quantitative estimate of drug-likeness (QED) is 0.824. The SMILES string of the molecule is Cc1ccccc1NC(=O)CC1SC(=NCCc2ccccc2)NC1=O. The van der Waals surface area contributed by atoms with E-state index in [0.29, 0.717) is 11.7 Å². The number of anilines is 1. The number of aliphatic imine (C=N–C) groups is 1. The van der Waals surface area contributed by atoms with Gasteiger partial charge in [0.2, 0.25) is 11.8 Å². The molecule has 1 unspecified atom stereocenters. The van der Waals surface area contributed by atoms with Crippen molar-refractivity contribution >= 4 is 34.4 Å². The van der Waals surface area contributed by atoms with Crippen molar-refractivity contribution in [1.82, 2.24) is 5.32 Å². The van der Waals surface area contributed by atoms with Crippen molar-refractivity contribution in [2.45, 2.75) is 25.0 Å². The van der Waals surface area contributed by atoms with Crippen LogP contribution in [0.3, 0.4) is 0 Å². The Bertz CT molecular complexity index is 821. The molecule has 2 N–H and O–H groups in total. The second kappa shape index (κ2) is 8.67. The van der Waals surface area contributed by atoms with Crippen molar-refractivity contribution in [3.63, 3.8) is 0 Å². The number of benzene rings is 2. The Morgan fingerprint density at radius 1 is 1.15 bits per heavy atom. The van der Waals surface area contributed by atoms with E-state index in [1.54, 1.807) is 0 Å². The first-order chi connectivity index (χ1) is 12.6. The number of para-hydroxylation sites is 1. The molecule has 2 aromatic carbocycles. The normalized spacial score (nSPS) is 18.0. The maximum absolute atomic E-state index is 12.2. The molecule has 134 valence electrons. The van der Waals surface area contributed by atoms with E-state index in [1.807, 2.05) is 49.4 Å². The maximum Gasteiger partial charge on any atom is 0.240 e. The second-order valence-corrected chi connectivity index (χ2v) is 7.28. The molecule has 0 saturated carbocycles. The van der Waals surface area contributed by atoms with Crippen LogP contribution in [0.2, 0.25) is 0 Å². The van der Waals surface area contributed by atoms with Crippen LogP contribution in [0.15, 0.2) is 59.6 Å². The Morgan fingerprint density at radius 2 is 1.88 bits per heavy atom.